The average Bonchev–Trinajstić information content (AvgIpc) is 3.42. The predicted molar refractivity (Wildman–Crippen MR) is 124 cm³/mol. The number of fused-ring (bicyclic) bond motifs is 3. The van der Waals surface area contributed by atoms with Crippen LogP contribution in [0.4, 0.5) is 5.69 Å². The Labute approximate surface area is 195 Å². The molecule has 1 saturated carbocycles. The van der Waals surface area contributed by atoms with E-state index in [-0.39, 0.29) is 36.7 Å². The number of rotatable bonds is 5. The Hall–Kier alpha value is -2.90. The standard InChI is InChI=1S/C25H34N4O4/c1-25-22(17-11-7-8-12-19(17)28(24(25)33)15-21(31)27(3)4)18(23(32)26-2)14-29(25)20(30)13-16-9-5-6-10-16/h7-8,11-12,16,18,22H,5-6,9-10,13-15H2,1-4H3,(H,26,32)/t18-,22+,25-/m0/s1. The maximum atomic E-state index is 14.1. The highest BCUT2D eigenvalue weighted by Crippen LogP contribution is 2.53. The summed E-state index contributed by atoms with van der Waals surface area (Å²) in [5.41, 5.74) is 0.239. The Morgan fingerprint density at radius 1 is 1.15 bits per heavy atom. The van der Waals surface area contributed by atoms with Crippen molar-refractivity contribution in [2.45, 2.75) is 50.5 Å². The van der Waals surface area contributed by atoms with Crippen molar-refractivity contribution >= 4 is 29.3 Å². The minimum atomic E-state index is -1.23. The summed E-state index contributed by atoms with van der Waals surface area (Å²) >= 11 is 0. The number of para-hydroxylation sites is 1. The molecule has 2 aliphatic heterocycles. The molecule has 1 aromatic carbocycles. The summed E-state index contributed by atoms with van der Waals surface area (Å²) in [6.07, 6.45) is 4.71. The van der Waals surface area contributed by atoms with Gasteiger partial charge in [0.25, 0.3) is 5.91 Å². The number of nitrogens with zero attached hydrogens (tertiary/aromatic N) is 3. The first-order valence-corrected chi connectivity index (χ1v) is 11.8. The number of hydrogen-bond acceptors (Lipinski definition) is 4. The number of carbonyl (C=O) groups is 4. The zero-order valence-electron chi connectivity index (χ0n) is 20.0. The fourth-order valence-corrected chi connectivity index (χ4v) is 5.98. The Morgan fingerprint density at radius 2 is 1.82 bits per heavy atom. The molecule has 1 aromatic rings. The van der Waals surface area contributed by atoms with Gasteiger partial charge in [0.1, 0.15) is 12.1 Å². The Morgan fingerprint density at radius 3 is 2.45 bits per heavy atom. The van der Waals surface area contributed by atoms with Gasteiger partial charge in [0.15, 0.2) is 0 Å². The monoisotopic (exact) mass is 454 g/mol. The van der Waals surface area contributed by atoms with Crippen molar-refractivity contribution in [3.8, 4) is 0 Å². The summed E-state index contributed by atoms with van der Waals surface area (Å²) < 4.78 is 0. The van der Waals surface area contributed by atoms with Crippen LogP contribution in [0.1, 0.15) is 50.5 Å². The van der Waals surface area contributed by atoms with E-state index in [9.17, 15) is 19.2 Å². The highest BCUT2D eigenvalue weighted by atomic mass is 16.2. The van der Waals surface area contributed by atoms with Crippen molar-refractivity contribution in [1.82, 2.24) is 15.1 Å². The molecule has 2 fully saturated rings. The highest BCUT2D eigenvalue weighted by molar-refractivity contribution is 6.09. The van der Waals surface area contributed by atoms with Gasteiger partial charge in [-0.25, -0.2) is 0 Å². The average molecular weight is 455 g/mol. The van der Waals surface area contributed by atoms with Crippen LogP contribution in [-0.4, -0.2) is 73.2 Å². The molecule has 1 saturated heterocycles. The predicted octanol–water partition coefficient (Wildman–Crippen LogP) is 1.75. The summed E-state index contributed by atoms with van der Waals surface area (Å²) in [7, 11) is 4.89. The summed E-state index contributed by atoms with van der Waals surface area (Å²) in [6, 6.07) is 7.44. The quantitative estimate of drug-likeness (QED) is 0.734. The second-order valence-electron chi connectivity index (χ2n) is 9.94. The third-order valence-electron chi connectivity index (χ3n) is 7.80. The highest BCUT2D eigenvalue weighted by Gasteiger charge is 2.63. The molecule has 4 amide bonds. The number of likely N-dealkylation sites (N-methyl/N-ethyl adjacent to an activating group) is 1. The van der Waals surface area contributed by atoms with Crippen molar-refractivity contribution in [2.24, 2.45) is 11.8 Å². The minimum absolute atomic E-state index is 0.0765. The van der Waals surface area contributed by atoms with Crippen LogP contribution in [-0.2, 0) is 19.2 Å². The third kappa shape index (κ3) is 3.79. The molecule has 33 heavy (non-hydrogen) atoms. The van der Waals surface area contributed by atoms with Gasteiger partial charge in [-0.3, -0.25) is 19.2 Å². The second kappa shape index (κ2) is 8.80. The summed E-state index contributed by atoms with van der Waals surface area (Å²) in [6.45, 7) is 1.86. The molecular formula is C25H34N4O4. The van der Waals surface area contributed by atoms with E-state index in [1.165, 1.54) is 9.80 Å². The lowest BCUT2D eigenvalue weighted by Gasteiger charge is -2.46. The van der Waals surface area contributed by atoms with Crippen LogP contribution in [0.2, 0.25) is 0 Å². The molecule has 1 aliphatic carbocycles. The molecule has 0 bridgehead atoms. The molecule has 2 heterocycles. The first-order valence-electron chi connectivity index (χ1n) is 11.8. The van der Waals surface area contributed by atoms with Crippen LogP contribution in [0.3, 0.4) is 0 Å². The zero-order chi connectivity index (χ0) is 23.9. The molecule has 0 unspecified atom stereocenters. The molecule has 3 atom stereocenters. The molecule has 0 aromatic heterocycles. The van der Waals surface area contributed by atoms with E-state index in [2.05, 4.69) is 5.32 Å². The van der Waals surface area contributed by atoms with E-state index in [0.717, 1.165) is 31.2 Å². The molecule has 0 radical (unpaired) electrons. The van der Waals surface area contributed by atoms with Crippen molar-refractivity contribution in [2.75, 3.05) is 39.1 Å². The maximum absolute atomic E-state index is 14.1. The summed E-state index contributed by atoms with van der Waals surface area (Å²) in [5.74, 6) is -1.44. The second-order valence-corrected chi connectivity index (χ2v) is 9.94. The van der Waals surface area contributed by atoms with Gasteiger partial charge in [-0.15, -0.1) is 0 Å². The Bertz CT molecular complexity index is 971. The molecule has 0 spiro atoms. The van der Waals surface area contributed by atoms with Crippen LogP contribution in [0.15, 0.2) is 24.3 Å². The van der Waals surface area contributed by atoms with Gasteiger partial charge in [-0.05, 0) is 37.3 Å². The molecule has 8 nitrogen and oxygen atoms in total. The number of carbonyl (C=O) groups excluding carboxylic acids is 4. The van der Waals surface area contributed by atoms with Gasteiger partial charge < -0.3 is 20.0 Å². The van der Waals surface area contributed by atoms with E-state index in [0.29, 0.717) is 18.0 Å². The van der Waals surface area contributed by atoms with E-state index >= 15 is 0 Å². The smallest absolute Gasteiger partial charge is 0.253 e. The van der Waals surface area contributed by atoms with Crippen LogP contribution < -0.4 is 10.2 Å². The van der Waals surface area contributed by atoms with E-state index in [1.54, 1.807) is 33.0 Å². The number of nitrogens with one attached hydrogen (secondary N) is 1. The lowest BCUT2D eigenvalue weighted by molar-refractivity contribution is -0.144. The topological polar surface area (TPSA) is 90.0 Å². The van der Waals surface area contributed by atoms with Crippen LogP contribution >= 0.6 is 0 Å². The number of benzene rings is 1. The van der Waals surface area contributed by atoms with Gasteiger partial charge in [-0.2, -0.15) is 0 Å². The fraction of sp³-hybridized carbons (Fsp3) is 0.600. The fourth-order valence-electron chi connectivity index (χ4n) is 5.98. The molecule has 8 heteroatoms. The van der Waals surface area contributed by atoms with Crippen molar-refractivity contribution < 1.29 is 19.2 Å². The molecule has 1 N–H and O–H groups in total. The largest absolute Gasteiger partial charge is 0.359 e. The molecule has 4 rings (SSSR count). The van der Waals surface area contributed by atoms with Crippen LogP contribution in [0, 0.1) is 11.8 Å². The summed E-state index contributed by atoms with van der Waals surface area (Å²) in [5, 5.41) is 2.73. The van der Waals surface area contributed by atoms with Gasteiger partial charge in [0.05, 0.1) is 5.92 Å². The van der Waals surface area contributed by atoms with Crippen LogP contribution in [0.25, 0.3) is 0 Å². The minimum Gasteiger partial charge on any atom is -0.359 e. The lowest BCUT2D eigenvalue weighted by Crippen LogP contribution is -2.62. The molecular weight excluding hydrogens is 420 g/mol. The number of anilines is 1. The maximum Gasteiger partial charge on any atom is 0.253 e. The van der Waals surface area contributed by atoms with E-state index < -0.39 is 17.4 Å². The number of likely N-dealkylation sites (tertiary alicyclic amines) is 1. The van der Waals surface area contributed by atoms with Gasteiger partial charge in [-0.1, -0.05) is 31.0 Å². The Kier molecular flexibility index (Phi) is 6.20. The van der Waals surface area contributed by atoms with Gasteiger partial charge in [0.2, 0.25) is 17.7 Å². The summed E-state index contributed by atoms with van der Waals surface area (Å²) in [4.78, 5) is 57.8. The van der Waals surface area contributed by atoms with Crippen molar-refractivity contribution in [3.05, 3.63) is 29.8 Å². The van der Waals surface area contributed by atoms with Gasteiger partial charge >= 0.3 is 0 Å². The van der Waals surface area contributed by atoms with Crippen molar-refractivity contribution in [1.29, 1.82) is 0 Å². The van der Waals surface area contributed by atoms with Gasteiger partial charge in [0, 0.05) is 45.7 Å². The SMILES string of the molecule is CNC(=O)[C@H]1CN(C(=O)CC2CCCC2)[C@]2(C)C(=O)N(CC(=O)N(C)C)c3ccccc3[C@H]12. The first-order chi connectivity index (χ1) is 15.7. The van der Waals surface area contributed by atoms with E-state index in [1.807, 2.05) is 24.3 Å². The van der Waals surface area contributed by atoms with Crippen molar-refractivity contribution in [3.63, 3.8) is 0 Å². The number of hydrogen-bond donors (Lipinski definition) is 1. The molecule has 178 valence electrons. The lowest BCUT2D eigenvalue weighted by atomic mass is 9.71. The van der Waals surface area contributed by atoms with Crippen LogP contribution in [0.5, 0.6) is 0 Å². The third-order valence-corrected chi connectivity index (χ3v) is 7.80. The molecule has 3 aliphatic rings. The normalized spacial score (nSPS) is 26.7. The Balaban J connectivity index is 1.79. The first kappa shape index (κ1) is 23.3. The zero-order valence-corrected chi connectivity index (χ0v) is 20.0. The van der Waals surface area contributed by atoms with E-state index in [4.69, 9.17) is 0 Å². The number of amides is 4.